The zero-order valence-electron chi connectivity index (χ0n) is 11.6. The van der Waals surface area contributed by atoms with Crippen molar-refractivity contribution in [1.82, 2.24) is 5.32 Å². The minimum Gasteiger partial charge on any atom is -0.497 e. The first-order chi connectivity index (χ1) is 7.98. The van der Waals surface area contributed by atoms with Gasteiger partial charge < -0.3 is 15.0 Å². The van der Waals surface area contributed by atoms with E-state index in [2.05, 4.69) is 50.2 Å². The van der Waals surface area contributed by atoms with Crippen molar-refractivity contribution >= 4 is 5.69 Å². The molecule has 0 unspecified atom stereocenters. The molecule has 0 amide bonds. The molecule has 3 nitrogen and oxygen atoms in total. The highest BCUT2D eigenvalue weighted by molar-refractivity contribution is 5.48. The summed E-state index contributed by atoms with van der Waals surface area (Å²) in [5, 5.41) is 3.48. The van der Waals surface area contributed by atoms with Gasteiger partial charge in [0.1, 0.15) is 5.75 Å². The molecule has 0 spiro atoms. The zero-order chi connectivity index (χ0) is 12.9. The second-order valence-corrected chi connectivity index (χ2v) is 4.97. The number of hydrogen-bond donors (Lipinski definition) is 1. The number of nitrogens with one attached hydrogen (secondary N) is 1. The van der Waals surface area contributed by atoms with E-state index < -0.39 is 0 Å². The first-order valence-corrected chi connectivity index (χ1v) is 6.09. The second-order valence-electron chi connectivity index (χ2n) is 4.97. The van der Waals surface area contributed by atoms with Crippen LogP contribution in [0.2, 0.25) is 0 Å². The number of likely N-dealkylation sites (N-methyl/N-ethyl adjacent to an activating group) is 2. The van der Waals surface area contributed by atoms with E-state index >= 15 is 0 Å². The summed E-state index contributed by atoms with van der Waals surface area (Å²) in [6.45, 7) is 8.53. The lowest BCUT2D eigenvalue weighted by atomic mass is 10.0. The Hall–Kier alpha value is -1.22. The quantitative estimate of drug-likeness (QED) is 0.821. The summed E-state index contributed by atoms with van der Waals surface area (Å²) >= 11 is 0. The number of anilines is 1. The Morgan fingerprint density at radius 2 is 1.82 bits per heavy atom. The standard InChI is InChI=1S/C14H24N2O/c1-6-15-14(2,3)11-16(4)12-7-9-13(17-5)10-8-12/h7-10,15H,6,11H2,1-5H3. The van der Waals surface area contributed by atoms with E-state index in [0.29, 0.717) is 0 Å². The van der Waals surface area contributed by atoms with Crippen LogP contribution in [0, 0.1) is 0 Å². The van der Waals surface area contributed by atoms with Crippen molar-refractivity contribution in [1.29, 1.82) is 0 Å². The second kappa shape index (κ2) is 5.92. The van der Waals surface area contributed by atoms with E-state index in [-0.39, 0.29) is 5.54 Å². The first-order valence-electron chi connectivity index (χ1n) is 6.09. The fraction of sp³-hybridized carbons (Fsp3) is 0.571. The van der Waals surface area contributed by atoms with Crippen LogP contribution >= 0.6 is 0 Å². The minimum absolute atomic E-state index is 0.115. The Balaban J connectivity index is 2.65. The van der Waals surface area contributed by atoms with Crippen LogP contribution in [0.3, 0.4) is 0 Å². The highest BCUT2D eigenvalue weighted by Gasteiger charge is 2.18. The maximum atomic E-state index is 5.16. The van der Waals surface area contributed by atoms with Gasteiger partial charge in [0.15, 0.2) is 0 Å². The monoisotopic (exact) mass is 236 g/mol. The van der Waals surface area contributed by atoms with Crippen LogP contribution in [0.4, 0.5) is 5.69 Å². The maximum absolute atomic E-state index is 5.16. The third-order valence-electron chi connectivity index (χ3n) is 2.80. The van der Waals surface area contributed by atoms with E-state index in [9.17, 15) is 0 Å². The Morgan fingerprint density at radius 3 is 2.29 bits per heavy atom. The van der Waals surface area contributed by atoms with Gasteiger partial charge in [0.2, 0.25) is 0 Å². The van der Waals surface area contributed by atoms with E-state index in [0.717, 1.165) is 18.8 Å². The van der Waals surface area contributed by atoms with Crippen LogP contribution in [-0.2, 0) is 0 Å². The summed E-state index contributed by atoms with van der Waals surface area (Å²) in [4.78, 5) is 2.25. The lowest BCUT2D eigenvalue weighted by Gasteiger charge is -2.32. The smallest absolute Gasteiger partial charge is 0.119 e. The van der Waals surface area contributed by atoms with Gasteiger partial charge in [-0.25, -0.2) is 0 Å². The van der Waals surface area contributed by atoms with Gasteiger partial charge >= 0.3 is 0 Å². The number of ether oxygens (including phenoxy) is 1. The molecular weight excluding hydrogens is 212 g/mol. The molecule has 0 saturated carbocycles. The molecule has 0 aliphatic carbocycles. The van der Waals surface area contributed by atoms with Gasteiger partial charge in [0.25, 0.3) is 0 Å². The molecule has 0 aliphatic heterocycles. The Kier molecular flexibility index (Phi) is 4.82. The fourth-order valence-corrected chi connectivity index (χ4v) is 2.06. The molecular formula is C14H24N2O. The largest absolute Gasteiger partial charge is 0.497 e. The average molecular weight is 236 g/mol. The third kappa shape index (κ3) is 4.27. The molecule has 0 aromatic heterocycles. The van der Waals surface area contributed by atoms with Crippen molar-refractivity contribution in [2.75, 3.05) is 32.1 Å². The number of nitrogens with zero attached hydrogens (tertiary/aromatic N) is 1. The van der Waals surface area contributed by atoms with Gasteiger partial charge in [-0.15, -0.1) is 0 Å². The Labute approximate surface area is 105 Å². The van der Waals surface area contributed by atoms with Crippen molar-refractivity contribution in [3.05, 3.63) is 24.3 Å². The molecule has 0 atom stereocenters. The van der Waals surface area contributed by atoms with Gasteiger partial charge in [0.05, 0.1) is 7.11 Å². The average Bonchev–Trinajstić information content (AvgIpc) is 2.28. The van der Waals surface area contributed by atoms with Crippen LogP contribution in [0.5, 0.6) is 5.75 Å². The predicted octanol–water partition coefficient (Wildman–Crippen LogP) is 2.52. The van der Waals surface area contributed by atoms with Crippen molar-refractivity contribution in [2.24, 2.45) is 0 Å². The third-order valence-corrected chi connectivity index (χ3v) is 2.80. The molecule has 1 aromatic carbocycles. The van der Waals surface area contributed by atoms with Crippen LogP contribution in [0.25, 0.3) is 0 Å². The van der Waals surface area contributed by atoms with Gasteiger partial charge in [-0.1, -0.05) is 6.92 Å². The van der Waals surface area contributed by atoms with Gasteiger partial charge in [-0.2, -0.15) is 0 Å². The van der Waals surface area contributed by atoms with Gasteiger partial charge in [-0.3, -0.25) is 0 Å². The van der Waals surface area contributed by atoms with E-state index in [1.54, 1.807) is 7.11 Å². The lowest BCUT2D eigenvalue weighted by molar-refractivity contribution is 0.403. The molecule has 17 heavy (non-hydrogen) atoms. The summed E-state index contributed by atoms with van der Waals surface area (Å²) in [5.74, 6) is 0.896. The van der Waals surface area contributed by atoms with Crippen LogP contribution in [0.1, 0.15) is 20.8 Å². The van der Waals surface area contributed by atoms with Crippen LogP contribution in [-0.4, -0.2) is 32.8 Å². The van der Waals surface area contributed by atoms with Crippen LogP contribution < -0.4 is 15.0 Å². The van der Waals surface area contributed by atoms with E-state index in [1.165, 1.54) is 5.69 Å². The summed E-state index contributed by atoms with van der Waals surface area (Å²) in [5.41, 5.74) is 1.32. The molecule has 1 rings (SSSR count). The summed E-state index contributed by atoms with van der Waals surface area (Å²) in [6.07, 6.45) is 0. The summed E-state index contributed by atoms with van der Waals surface area (Å²) < 4.78 is 5.16. The van der Waals surface area contributed by atoms with Crippen LogP contribution in [0.15, 0.2) is 24.3 Å². The van der Waals surface area contributed by atoms with E-state index in [1.807, 2.05) is 12.1 Å². The molecule has 0 heterocycles. The van der Waals surface area contributed by atoms with Gasteiger partial charge in [-0.05, 0) is 44.7 Å². The number of hydrogen-bond acceptors (Lipinski definition) is 3. The minimum atomic E-state index is 0.115. The zero-order valence-corrected chi connectivity index (χ0v) is 11.6. The first kappa shape index (κ1) is 13.8. The van der Waals surface area contributed by atoms with E-state index in [4.69, 9.17) is 4.74 Å². The van der Waals surface area contributed by atoms with Crippen molar-refractivity contribution in [2.45, 2.75) is 26.3 Å². The molecule has 96 valence electrons. The van der Waals surface area contributed by atoms with Gasteiger partial charge in [0, 0.05) is 24.8 Å². The van der Waals surface area contributed by atoms with Crippen molar-refractivity contribution in [3.63, 3.8) is 0 Å². The van der Waals surface area contributed by atoms with Crippen molar-refractivity contribution < 1.29 is 4.74 Å². The Bertz CT molecular complexity index is 333. The highest BCUT2D eigenvalue weighted by Crippen LogP contribution is 2.19. The molecule has 0 fully saturated rings. The normalized spacial score (nSPS) is 11.4. The van der Waals surface area contributed by atoms with Crippen molar-refractivity contribution in [3.8, 4) is 5.75 Å². The molecule has 0 bridgehead atoms. The predicted molar refractivity (Wildman–Crippen MR) is 74.0 cm³/mol. The molecule has 0 radical (unpaired) electrons. The summed E-state index contributed by atoms with van der Waals surface area (Å²) in [7, 11) is 3.80. The molecule has 1 N–H and O–H groups in total. The highest BCUT2D eigenvalue weighted by atomic mass is 16.5. The fourth-order valence-electron chi connectivity index (χ4n) is 2.06. The summed E-state index contributed by atoms with van der Waals surface area (Å²) in [6, 6.07) is 8.15. The lowest BCUT2D eigenvalue weighted by Crippen LogP contribution is -2.48. The SMILES string of the molecule is CCNC(C)(C)CN(C)c1ccc(OC)cc1. The number of rotatable bonds is 6. The molecule has 0 saturated heterocycles. The number of benzene rings is 1. The Morgan fingerprint density at radius 1 is 1.24 bits per heavy atom. The molecule has 3 heteroatoms. The number of methoxy groups -OCH3 is 1. The molecule has 0 aliphatic rings. The molecule has 1 aromatic rings. The topological polar surface area (TPSA) is 24.5 Å². The maximum Gasteiger partial charge on any atom is 0.119 e.